The van der Waals surface area contributed by atoms with E-state index in [4.69, 9.17) is 9.15 Å². The molecular weight excluding hydrogens is 486 g/mol. The number of aliphatic hydroxyl groups excluding tert-OH is 1. The van der Waals surface area contributed by atoms with Gasteiger partial charge < -0.3 is 14.3 Å². The van der Waals surface area contributed by atoms with E-state index in [2.05, 4.69) is 15.9 Å². The summed E-state index contributed by atoms with van der Waals surface area (Å²) < 4.78 is 12.4. The van der Waals surface area contributed by atoms with Gasteiger partial charge in [-0.25, -0.2) is 0 Å². The zero-order valence-electron chi connectivity index (χ0n) is 18.5. The Bertz CT molecular complexity index is 1230. The third-order valence-electron chi connectivity index (χ3n) is 5.27. The van der Waals surface area contributed by atoms with Crippen molar-refractivity contribution in [1.82, 2.24) is 0 Å². The van der Waals surface area contributed by atoms with Gasteiger partial charge in [-0.05, 0) is 61.4 Å². The Kier molecular flexibility index (Phi) is 6.42. The molecule has 1 aromatic heterocycles. The fourth-order valence-corrected chi connectivity index (χ4v) is 3.99. The predicted octanol–water partition coefficient (Wildman–Crippen LogP) is 6.01. The van der Waals surface area contributed by atoms with Crippen molar-refractivity contribution in [3.63, 3.8) is 0 Å². The van der Waals surface area contributed by atoms with Crippen LogP contribution in [0.15, 0.2) is 75.1 Å². The Morgan fingerprint density at radius 3 is 2.48 bits per heavy atom. The van der Waals surface area contributed by atoms with Crippen LogP contribution in [0.25, 0.3) is 5.76 Å². The first-order chi connectivity index (χ1) is 15.8. The average molecular weight is 510 g/mol. The number of ether oxygens (including phenoxy) is 1. The SMILES string of the molecule is Cc1ccc(C2/C(=C(/O)c3cccc(OCC(C)C)c3)C(=O)C(=O)N2c2ccc(Br)cc2)o1. The van der Waals surface area contributed by atoms with E-state index < -0.39 is 17.7 Å². The Morgan fingerprint density at radius 1 is 1.12 bits per heavy atom. The lowest BCUT2D eigenvalue weighted by Gasteiger charge is -2.23. The minimum Gasteiger partial charge on any atom is -0.507 e. The summed E-state index contributed by atoms with van der Waals surface area (Å²) in [7, 11) is 0. The van der Waals surface area contributed by atoms with Crippen molar-refractivity contribution in [2.45, 2.75) is 26.8 Å². The van der Waals surface area contributed by atoms with E-state index in [1.807, 2.05) is 13.8 Å². The van der Waals surface area contributed by atoms with E-state index in [0.717, 1.165) is 4.47 Å². The number of Topliss-reactive ketones (excluding diaryl/α,β-unsaturated/α-hetero) is 1. The normalized spacial score (nSPS) is 17.7. The minimum atomic E-state index is -0.903. The number of aryl methyl sites for hydroxylation is 1. The lowest BCUT2D eigenvalue weighted by Crippen LogP contribution is -2.29. The summed E-state index contributed by atoms with van der Waals surface area (Å²) in [4.78, 5) is 27.7. The van der Waals surface area contributed by atoms with Crippen LogP contribution in [0.5, 0.6) is 5.75 Å². The number of nitrogens with zero attached hydrogens (tertiary/aromatic N) is 1. The molecular formula is C26H24BrNO5. The van der Waals surface area contributed by atoms with Crippen LogP contribution in [0.3, 0.4) is 0 Å². The van der Waals surface area contributed by atoms with Gasteiger partial charge in [0.2, 0.25) is 0 Å². The van der Waals surface area contributed by atoms with Crippen LogP contribution in [-0.4, -0.2) is 23.4 Å². The fourth-order valence-electron chi connectivity index (χ4n) is 3.72. The molecule has 1 aliphatic rings. The summed E-state index contributed by atoms with van der Waals surface area (Å²) in [6, 6.07) is 16.5. The summed E-state index contributed by atoms with van der Waals surface area (Å²) in [6.45, 7) is 6.38. The van der Waals surface area contributed by atoms with Crippen LogP contribution in [0, 0.1) is 12.8 Å². The molecule has 3 aromatic rings. The molecule has 4 rings (SSSR count). The minimum absolute atomic E-state index is 0.0294. The molecule has 1 saturated heterocycles. The van der Waals surface area contributed by atoms with Gasteiger partial charge in [-0.15, -0.1) is 0 Å². The van der Waals surface area contributed by atoms with Crippen molar-refractivity contribution in [3.05, 3.63) is 87.8 Å². The van der Waals surface area contributed by atoms with Crippen molar-refractivity contribution in [1.29, 1.82) is 0 Å². The van der Waals surface area contributed by atoms with Crippen LogP contribution in [-0.2, 0) is 9.59 Å². The van der Waals surface area contributed by atoms with Gasteiger partial charge >= 0.3 is 0 Å². The molecule has 1 N–H and O–H groups in total. The molecule has 2 heterocycles. The largest absolute Gasteiger partial charge is 0.507 e. The molecule has 1 amide bonds. The van der Waals surface area contributed by atoms with Crippen LogP contribution < -0.4 is 9.64 Å². The van der Waals surface area contributed by atoms with Crippen molar-refractivity contribution in [3.8, 4) is 5.75 Å². The summed E-state index contributed by atoms with van der Waals surface area (Å²) in [5.41, 5.74) is 0.879. The number of carbonyl (C=O) groups is 2. The fraction of sp³-hybridized carbons (Fsp3) is 0.231. The molecule has 1 unspecified atom stereocenters. The topological polar surface area (TPSA) is 80.0 Å². The second-order valence-electron chi connectivity index (χ2n) is 8.33. The summed E-state index contributed by atoms with van der Waals surface area (Å²) in [6.07, 6.45) is 0. The number of furan rings is 1. The molecule has 1 atom stereocenters. The number of hydrogen-bond donors (Lipinski definition) is 1. The number of halogens is 1. The first kappa shape index (κ1) is 22.9. The third-order valence-corrected chi connectivity index (χ3v) is 5.80. The van der Waals surface area contributed by atoms with Gasteiger partial charge in [0.15, 0.2) is 0 Å². The highest BCUT2D eigenvalue weighted by Crippen LogP contribution is 2.43. The Balaban J connectivity index is 1.84. The standard InChI is InChI=1S/C26H24BrNO5/c1-15(2)14-32-20-6-4-5-17(13-20)24(29)22-23(21-12-7-16(3)33-21)28(26(31)25(22)30)19-10-8-18(27)9-11-19/h4-13,15,23,29H,14H2,1-3H3/b24-22-. The molecule has 0 aliphatic carbocycles. The first-order valence-corrected chi connectivity index (χ1v) is 11.4. The van der Waals surface area contributed by atoms with E-state index in [0.29, 0.717) is 41.0 Å². The number of carbonyl (C=O) groups excluding carboxylic acids is 2. The Hall–Kier alpha value is -3.32. The Morgan fingerprint density at radius 2 is 1.85 bits per heavy atom. The number of hydrogen-bond acceptors (Lipinski definition) is 5. The van der Waals surface area contributed by atoms with Crippen molar-refractivity contribution >= 4 is 39.1 Å². The maximum atomic E-state index is 13.2. The lowest BCUT2D eigenvalue weighted by molar-refractivity contribution is -0.132. The summed E-state index contributed by atoms with van der Waals surface area (Å²) >= 11 is 3.39. The molecule has 33 heavy (non-hydrogen) atoms. The van der Waals surface area contributed by atoms with Crippen LogP contribution in [0.4, 0.5) is 5.69 Å². The van der Waals surface area contributed by atoms with E-state index in [1.54, 1.807) is 67.6 Å². The highest BCUT2D eigenvalue weighted by Gasteiger charge is 2.48. The van der Waals surface area contributed by atoms with E-state index in [1.165, 1.54) is 4.90 Å². The van der Waals surface area contributed by atoms with Crippen LogP contribution in [0.2, 0.25) is 0 Å². The molecule has 0 spiro atoms. The van der Waals surface area contributed by atoms with E-state index >= 15 is 0 Å². The van der Waals surface area contributed by atoms with Gasteiger partial charge in [-0.1, -0.05) is 41.9 Å². The maximum Gasteiger partial charge on any atom is 0.300 e. The lowest BCUT2D eigenvalue weighted by atomic mass is 9.99. The molecule has 170 valence electrons. The smallest absolute Gasteiger partial charge is 0.300 e. The van der Waals surface area contributed by atoms with Crippen LogP contribution in [0.1, 0.15) is 37.0 Å². The number of anilines is 1. The second kappa shape index (κ2) is 9.27. The zero-order valence-corrected chi connectivity index (χ0v) is 20.1. The van der Waals surface area contributed by atoms with Gasteiger partial charge in [0.25, 0.3) is 11.7 Å². The van der Waals surface area contributed by atoms with Gasteiger partial charge in [0, 0.05) is 15.7 Å². The molecule has 0 saturated carbocycles. The van der Waals surface area contributed by atoms with E-state index in [-0.39, 0.29) is 11.3 Å². The number of aliphatic hydroxyl groups is 1. The molecule has 0 radical (unpaired) electrons. The van der Waals surface area contributed by atoms with Crippen molar-refractivity contribution in [2.24, 2.45) is 5.92 Å². The first-order valence-electron chi connectivity index (χ1n) is 10.6. The quantitative estimate of drug-likeness (QED) is 0.250. The monoisotopic (exact) mass is 509 g/mol. The second-order valence-corrected chi connectivity index (χ2v) is 9.24. The van der Waals surface area contributed by atoms with Gasteiger partial charge in [-0.3, -0.25) is 14.5 Å². The number of amides is 1. The van der Waals surface area contributed by atoms with Crippen molar-refractivity contribution in [2.75, 3.05) is 11.5 Å². The predicted molar refractivity (Wildman–Crippen MR) is 129 cm³/mol. The van der Waals surface area contributed by atoms with Crippen LogP contribution >= 0.6 is 15.9 Å². The molecule has 0 bridgehead atoms. The Labute approximate surface area is 200 Å². The van der Waals surface area contributed by atoms with Gasteiger partial charge in [0.05, 0.1) is 12.2 Å². The molecule has 1 fully saturated rings. The summed E-state index contributed by atoms with van der Waals surface area (Å²) in [5, 5.41) is 11.2. The maximum absolute atomic E-state index is 13.2. The number of benzene rings is 2. The number of ketones is 1. The molecule has 1 aliphatic heterocycles. The van der Waals surface area contributed by atoms with Crippen molar-refractivity contribution < 1.29 is 23.8 Å². The van der Waals surface area contributed by atoms with Gasteiger partial charge in [-0.2, -0.15) is 0 Å². The zero-order chi connectivity index (χ0) is 23.7. The molecule has 2 aromatic carbocycles. The summed E-state index contributed by atoms with van der Waals surface area (Å²) in [5.74, 6) is 0.148. The molecule has 7 heteroatoms. The highest BCUT2D eigenvalue weighted by atomic mass is 79.9. The van der Waals surface area contributed by atoms with Gasteiger partial charge in [0.1, 0.15) is 29.1 Å². The molecule has 6 nitrogen and oxygen atoms in total. The van der Waals surface area contributed by atoms with E-state index in [9.17, 15) is 14.7 Å². The average Bonchev–Trinajstić information content (AvgIpc) is 3.33. The number of rotatable bonds is 6. The third kappa shape index (κ3) is 4.59. The highest BCUT2D eigenvalue weighted by molar-refractivity contribution is 9.10.